The second-order valence-electron chi connectivity index (χ2n) is 5.74. The summed E-state index contributed by atoms with van der Waals surface area (Å²) in [6.45, 7) is 1.61. The molecule has 0 N–H and O–H groups in total. The van der Waals surface area contributed by atoms with Gasteiger partial charge in [-0.25, -0.2) is 4.90 Å². The molecule has 4 rings (SSSR count). The molecule has 3 aliphatic rings. The third kappa shape index (κ3) is 1.54. The Morgan fingerprint density at radius 1 is 1.14 bits per heavy atom. The molecule has 1 aromatic rings. The van der Waals surface area contributed by atoms with Gasteiger partial charge in [0.2, 0.25) is 11.8 Å². The van der Waals surface area contributed by atoms with Crippen LogP contribution in [0.5, 0.6) is 0 Å². The number of nitro groups is 1. The quantitative estimate of drug-likeness (QED) is 0.356. The van der Waals surface area contributed by atoms with Gasteiger partial charge in [0.25, 0.3) is 5.69 Å². The number of hydrogen-bond acceptors (Lipinski definition) is 5. The van der Waals surface area contributed by atoms with E-state index in [0.29, 0.717) is 5.56 Å². The van der Waals surface area contributed by atoms with Crippen molar-refractivity contribution in [2.24, 2.45) is 11.8 Å². The number of ether oxygens (including phenoxy) is 1. The number of rotatable bonds is 2. The highest BCUT2D eigenvalue weighted by molar-refractivity contribution is 6.23. The summed E-state index contributed by atoms with van der Waals surface area (Å²) in [4.78, 5) is 36.8. The van der Waals surface area contributed by atoms with Crippen LogP contribution in [0.3, 0.4) is 0 Å². The third-order valence-corrected chi connectivity index (χ3v) is 4.56. The zero-order chi connectivity index (χ0) is 15.6. The smallest absolute Gasteiger partial charge is 0.274 e. The highest BCUT2D eigenvalue weighted by atomic mass is 16.6. The van der Waals surface area contributed by atoms with Crippen LogP contribution in [0, 0.1) is 28.9 Å². The summed E-state index contributed by atoms with van der Waals surface area (Å²) in [6, 6.07) is 4.39. The molecule has 2 saturated heterocycles. The van der Waals surface area contributed by atoms with E-state index in [-0.39, 0.29) is 35.4 Å². The molecule has 0 aliphatic carbocycles. The van der Waals surface area contributed by atoms with Crippen molar-refractivity contribution in [2.45, 2.75) is 19.1 Å². The Kier molecular flexibility index (Phi) is 2.53. The molecule has 0 saturated carbocycles. The van der Waals surface area contributed by atoms with Crippen LogP contribution in [-0.2, 0) is 14.3 Å². The van der Waals surface area contributed by atoms with Gasteiger partial charge in [0.05, 0.1) is 34.7 Å². The monoisotopic (exact) mass is 300 g/mol. The summed E-state index contributed by atoms with van der Waals surface area (Å²) in [5.41, 5.74) is 0.631. The predicted molar refractivity (Wildman–Crippen MR) is 75.1 cm³/mol. The van der Waals surface area contributed by atoms with Crippen LogP contribution in [-0.4, -0.2) is 28.9 Å². The van der Waals surface area contributed by atoms with Crippen molar-refractivity contribution in [3.8, 4) is 0 Å². The van der Waals surface area contributed by atoms with Crippen molar-refractivity contribution in [1.82, 2.24) is 0 Å². The first-order valence-corrected chi connectivity index (χ1v) is 6.95. The van der Waals surface area contributed by atoms with Gasteiger partial charge in [-0.2, -0.15) is 0 Å². The highest BCUT2D eigenvalue weighted by Crippen LogP contribution is 2.46. The standard InChI is InChI=1S/C15H12N2O5/c1-7-2-3-8(6-9(7)17(20)21)16-14(18)12-10-4-5-11(22-10)13(12)15(16)19/h2-6,10-13H,1H3/t10-,11-,12-,13-/m0/s1. The average molecular weight is 300 g/mol. The minimum Gasteiger partial charge on any atom is -0.365 e. The van der Waals surface area contributed by atoms with Gasteiger partial charge in [-0.15, -0.1) is 0 Å². The fraction of sp³-hybridized carbons (Fsp3) is 0.333. The molecule has 2 amide bonds. The number of hydrogen-bond donors (Lipinski definition) is 0. The molecule has 22 heavy (non-hydrogen) atoms. The molecule has 3 heterocycles. The van der Waals surface area contributed by atoms with E-state index in [2.05, 4.69) is 0 Å². The van der Waals surface area contributed by atoms with Gasteiger partial charge in [-0.3, -0.25) is 19.7 Å². The molecule has 7 heteroatoms. The van der Waals surface area contributed by atoms with Crippen LogP contribution in [0.15, 0.2) is 30.4 Å². The SMILES string of the molecule is Cc1ccc(N2C(=O)[C@@H]3[C@@H](C2=O)[C@@H]2C=C[C@@H]3O2)cc1[N+](=O)[O-]. The summed E-state index contributed by atoms with van der Waals surface area (Å²) in [7, 11) is 0. The number of nitro benzene ring substituents is 1. The van der Waals surface area contributed by atoms with Crippen LogP contribution in [0.2, 0.25) is 0 Å². The van der Waals surface area contributed by atoms with Crippen LogP contribution in [0.4, 0.5) is 11.4 Å². The Morgan fingerprint density at radius 3 is 2.27 bits per heavy atom. The van der Waals surface area contributed by atoms with E-state index < -0.39 is 16.8 Å². The van der Waals surface area contributed by atoms with Crippen LogP contribution >= 0.6 is 0 Å². The number of aryl methyl sites for hydroxylation is 1. The Labute approximate surface area is 125 Å². The summed E-state index contributed by atoms with van der Waals surface area (Å²) in [6.07, 6.45) is 2.88. The van der Waals surface area contributed by atoms with Gasteiger partial charge in [-0.05, 0) is 13.0 Å². The lowest BCUT2D eigenvalue weighted by Gasteiger charge is -2.17. The fourth-order valence-corrected chi connectivity index (χ4v) is 3.49. The lowest BCUT2D eigenvalue weighted by molar-refractivity contribution is -0.385. The maximum absolute atomic E-state index is 12.6. The first kappa shape index (κ1) is 13.1. The molecular weight excluding hydrogens is 288 g/mol. The van der Waals surface area contributed by atoms with Crippen LogP contribution in [0.25, 0.3) is 0 Å². The third-order valence-electron chi connectivity index (χ3n) is 4.56. The van der Waals surface area contributed by atoms with E-state index >= 15 is 0 Å². The lowest BCUT2D eigenvalue weighted by atomic mass is 9.85. The second kappa shape index (κ2) is 4.23. The number of benzene rings is 1. The largest absolute Gasteiger partial charge is 0.365 e. The molecule has 0 aromatic heterocycles. The first-order valence-electron chi connectivity index (χ1n) is 6.95. The Morgan fingerprint density at radius 2 is 1.73 bits per heavy atom. The number of imide groups is 1. The normalized spacial score (nSPS) is 32.0. The Hall–Kier alpha value is -2.54. The molecule has 2 bridgehead atoms. The van der Waals surface area contributed by atoms with Crippen molar-refractivity contribution >= 4 is 23.2 Å². The van der Waals surface area contributed by atoms with Gasteiger partial charge in [-0.1, -0.05) is 18.2 Å². The Bertz CT molecular complexity index is 726. The molecule has 1 aromatic carbocycles. The molecule has 0 radical (unpaired) electrons. The summed E-state index contributed by atoms with van der Waals surface area (Å²) >= 11 is 0. The molecule has 0 unspecified atom stereocenters. The fourth-order valence-electron chi connectivity index (χ4n) is 3.49. The van der Waals surface area contributed by atoms with Crippen molar-refractivity contribution in [3.63, 3.8) is 0 Å². The van der Waals surface area contributed by atoms with Gasteiger partial charge >= 0.3 is 0 Å². The van der Waals surface area contributed by atoms with Gasteiger partial charge in [0.15, 0.2) is 0 Å². The summed E-state index contributed by atoms with van der Waals surface area (Å²) in [5.74, 6) is -1.71. The topological polar surface area (TPSA) is 89.8 Å². The highest BCUT2D eigenvalue weighted by Gasteiger charge is 2.61. The van der Waals surface area contributed by atoms with E-state index in [4.69, 9.17) is 4.74 Å². The van der Waals surface area contributed by atoms with E-state index in [9.17, 15) is 19.7 Å². The van der Waals surface area contributed by atoms with E-state index in [1.807, 2.05) is 0 Å². The van der Waals surface area contributed by atoms with E-state index in [0.717, 1.165) is 4.90 Å². The number of carbonyl (C=O) groups is 2. The van der Waals surface area contributed by atoms with Crippen LogP contribution < -0.4 is 4.90 Å². The van der Waals surface area contributed by atoms with Crippen LogP contribution in [0.1, 0.15) is 5.56 Å². The lowest BCUT2D eigenvalue weighted by Crippen LogP contribution is -2.34. The molecule has 4 atom stereocenters. The van der Waals surface area contributed by atoms with Gasteiger partial charge in [0, 0.05) is 11.6 Å². The number of fused-ring (bicyclic) bond motifs is 5. The second-order valence-corrected chi connectivity index (χ2v) is 5.74. The average Bonchev–Trinajstić information content (AvgIpc) is 3.14. The zero-order valence-corrected chi connectivity index (χ0v) is 11.6. The summed E-state index contributed by atoms with van der Waals surface area (Å²) in [5, 5.41) is 11.0. The molecule has 0 spiro atoms. The summed E-state index contributed by atoms with van der Waals surface area (Å²) < 4.78 is 5.56. The van der Waals surface area contributed by atoms with Crippen molar-refractivity contribution < 1.29 is 19.2 Å². The molecule has 112 valence electrons. The minimum atomic E-state index is -0.515. The maximum atomic E-state index is 12.6. The molecule has 7 nitrogen and oxygen atoms in total. The van der Waals surface area contributed by atoms with E-state index in [1.54, 1.807) is 31.2 Å². The van der Waals surface area contributed by atoms with Gasteiger partial charge in [0.1, 0.15) is 0 Å². The maximum Gasteiger partial charge on any atom is 0.274 e. The van der Waals surface area contributed by atoms with Crippen molar-refractivity contribution in [3.05, 3.63) is 46.0 Å². The number of anilines is 1. The molecule has 2 fully saturated rings. The zero-order valence-electron chi connectivity index (χ0n) is 11.6. The Balaban J connectivity index is 1.76. The first-order chi connectivity index (χ1) is 10.5. The molecular formula is C15H12N2O5. The van der Waals surface area contributed by atoms with Gasteiger partial charge < -0.3 is 4.74 Å². The van der Waals surface area contributed by atoms with Crippen molar-refractivity contribution in [1.29, 1.82) is 0 Å². The van der Waals surface area contributed by atoms with E-state index in [1.165, 1.54) is 6.07 Å². The predicted octanol–water partition coefficient (Wildman–Crippen LogP) is 1.35. The number of carbonyl (C=O) groups excluding carboxylic acids is 2. The van der Waals surface area contributed by atoms with Crippen molar-refractivity contribution in [2.75, 3.05) is 4.90 Å². The number of amides is 2. The molecule has 3 aliphatic heterocycles. The number of nitrogens with zero attached hydrogens (tertiary/aromatic N) is 2. The minimum absolute atomic E-state index is 0.104.